The molecule has 0 spiro atoms. The van der Waals surface area contributed by atoms with Crippen LogP contribution < -0.4 is 25.2 Å². The summed E-state index contributed by atoms with van der Waals surface area (Å²) in [5.41, 5.74) is 4.83. The minimum absolute atomic E-state index is 0.214. The molecule has 0 saturated heterocycles. The van der Waals surface area contributed by atoms with E-state index in [1.54, 1.807) is 19.6 Å². The molecule has 0 atom stereocenters. The third-order valence-electron chi connectivity index (χ3n) is 7.63. The van der Waals surface area contributed by atoms with E-state index in [1.807, 2.05) is 63.1 Å². The Bertz CT molecular complexity index is 1680. The minimum Gasteiger partial charge on any atom is -0.494 e. The Morgan fingerprint density at radius 3 is 2.59 bits per heavy atom. The standard InChI is InChI=1S/C32H40N10O2/c1-9-29(43)35-22-16-23(26(44-8)17-25(22)40(7)15-14-39(5)6)36-31-34-13-12-28(38-31)41-19-32(3,4)30-24(41)10-11-27(37-30)42-20-33-18-21(42)2/h9-13,16-18,20H,1,14-15,19H2,2-8H3,(H,35,43)(H,34,36,38). The highest BCUT2D eigenvalue weighted by atomic mass is 16.5. The molecule has 0 saturated carbocycles. The third-order valence-corrected chi connectivity index (χ3v) is 7.63. The molecule has 0 radical (unpaired) electrons. The van der Waals surface area contributed by atoms with Gasteiger partial charge in [0.15, 0.2) is 0 Å². The smallest absolute Gasteiger partial charge is 0.247 e. The molecule has 3 aromatic heterocycles. The average Bonchev–Trinajstić information content (AvgIpc) is 3.55. The highest BCUT2D eigenvalue weighted by molar-refractivity contribution is 6.02. The fourth-order valence-corrected chi connectivity index (χ4v) is 5.24. The molecule has 1 aliphatic heterocycles. The first-order valence-corrected chi connectivity index (χ1v) is 14.4. The number of benzene rings is 1. The van der Waals surface area contributed by atoms with E-state index in [2.05, 4.69) is 61.8 Å². The van der Waals surface area contributed by atoms with Crippen LogP contribution in [0.5, 0.6) is 5.75 Å². The molecule has 4 heterocycles. The molecule has 0 fully saturated rings. The van der Waals surface area contributed by atoms with Gasteiger partial charge in [-0.2, -0.15) is 4.98 Å². The van der Waals surface area contributed by atoms with Gasteiger partial charge >= 0.3 is 0 Å². The van der Waals surface area contributed by atoms with Crippen LogP contribution in [-0.2, 0) is 10.2 Å². The molecule has 4 aromatic rings. The van der Waals surface area contributed by atoms with Crippen molar-refractivity contribution in [1.82, 2.24) is 29.4 Å². The molecule has 5 rings (SSSR count). The van der Waals surface area contributed by atoms with Crippen molar-refractivity contribution in [2.75, 3.05) is 68.3 Å². The van der Waals surface area contributed by atoms with Crippen molar-refractivity contribution in [1.29, 1.82) is 0 Å². The highest BCUT2D eigenvalue weighted by Gasteiger charge is 2.38. The number of pyridine rings is 1. The molecule has 230 valence electrons. The number of rotatable bonds is 11. The van der Waals surface area contributed by atoms with E-state index in [0.717, 1.165) is 47.5 Å². The largest absolute Gasteiger partial charge is 0.494 e. The number of anilines is 6. The zero-order valence-corrected chi connectivity index (χ0v) is 26.4. The van der Waals surface area contributed by atoms with Crippen LogP contribution >= 0.6 is 0 Å². The summed E-state index contributed by atoms with van der Waals surface area (Å²) in [4.78, 5) is 37.3. The highest BCUT2D eigenvalue weighted by Crippen LogP contribution is 2.43. The van der Waals surface area contributed by atoms with Gasteiger partial charge in [-0.15, -0.1) is 0 Å². The van der Waals surface area contributed by atoms with Crippen molar-refractivity contribution in [3.63, 3.8) is 0 Å². The van der Waals surface area contributed by atoms with Gasteiger partial charge in [-0.3, -0.25) is 9.36 Å². The number of aryl methyl sites for hydroxylation is 1. The van der Waals surface area contributed by atoms with Gasteiger partial charge in [-0.1, -0.05) is 20.4 Å². The number of likely N-dealkylation sites (N-methyl/N-ethyl adjacent to an activating group) is 2. The number of nitrogens with zero attached hydrogens (tertiary/aromatic N) is 8. The van der Waals surface area contributed by atoms with Crippen molar-refractivity contribution in [2.24, 2.45) is 0 Å². The number of methoxy groups -OCH3 is 1. The molecule has 12 heteroatoms. The molecule has 44 heavy (non-hydrogen) atoms. The van der Waals surface area contributed by atoms with E-state index in [-0.39, 0.29) is 11.3 Å². The van der Waals surface area contributed by atoms with Crippen LogP contribution in [0, 0.1) is 6.92 Å². The summed E-state index contributed by atoms with van der Waals surface area (Å²) in [7, 11) is 7.63. The van der Waals surface area contributed by atoms with Crippen molar-refractivity contribution < 1.29 is 9.53 Å². The number of imidazole rings is 1. The molecule has 2 N–H and O–H groups in total. The lowest BCUT2D eigenvalue weighted by Gasteiger charge is -2.26. The van der Waals surface area contributed by atoms with Gasteiger partial charge in [0.25, 0.3) is 0 Å². The molecule has 0 bridgehead atoms. The maximum absolute atomic E-state index is 12.3. The summed E-state index contributed by atoms with van der Waals surface area (Å²) >= 11 is 0. The maximum Gasteiger partial charge on any atom is 0.247 e. The summed E-state index contributed by atoms with van der Waals surface area (Å²) in [6.45, 7) is 12.3. The molecule has 1 aromatic carbocycles. The monoisotopic (exact) mass is 596 g/mol. The second kappa shape index (κ2) is 12.3. The Hall–Kier alpha value is -4.97. The molecule has 1 aliphatic rings. The van der Waals surface area contributed by atoms with E-state index in [0.29, 0.717) is 29.6 Å². The first-order valence-electron chi connectivity index (χ1n) is 14.4. The van der Waals surface area contributed by atoms with E-state index in [4.69, 9.17) is 14.7 Å². The molecule has 0 aliphatic carbocycles. The van der Waals surface area contributed by atoms with Gasteiger partial charge in [0, 0.05) is 56.3 Å². The fraction of sp³-hybridized carbons (Fsp3) is 0.344. The van der Waals surface area contributed by atoms with E-state index in [9.17, 15) is 4.79 Å². The quantitative estimate of drug-likeness (QED) is 0.237. The summed E-state index contributed by atoms with van der Waals surface area (Å²) in [6, 6.07) is 9.70. The zero-order chi connectivity index (χ0) is 31.6. The lowest BCUT2D eigenvalue weighted by molar-refractivity contribution is -0.111. The Balaban J connectivity index is 1.47. The first-order chi connectivity index (χ1) is 21.0. The summed E-state index contributed by atoms with van der Waals surface area (Å²) in [6.07, 6.45) is 6.58. The Labute approximate surface area is 258 Å². The van der Waals surface area contributed by atoms with Crippen molar-refractivity contribution in [3.8, 4) is 11.6 Å². The number of amides is 1. The maximum atomic E-state index is 12.3. The number of fused-ring (bicyclic) bond motifs is 1. The van der Waals surface area contributed by atoms with Crippen LogP contribution in [0.15, 0.2) is 61.7 Å². The van der Waals surface area contributed by atoms with Crippen LogP contribution in [0.4, 0.5) is 34.5 Å². The molecular weight excluding hydrogens is 556 g/mol. The predicted octanol–water partition coefficient (Wildman–Crippen LogP) is 4.67. The normalized spacial score (nSPS) is 13.5. The zero-order valence-electron chi connectivity index (χ0n) is 26.4. The fourth-order valence-electron chi connectivity index (χ4n) is 5.24. The average molecular weight is 597 g/mol. The van der Waals surface area contributed by atoms with Crippen LogP contribution in [0.25, 0.3) is 5.82 Å². The van der Waals surface area contributed by atoms with Crippen LogP contribution in [0.1, 0.15) is 25.2 Å². The molecule has 12 nitrogen and oxygen atoms in total. The number of hydrogen-bond acceptors (Lipinski definition) is 10. The summed E-state index contributed by atoms with van der Waals surface area (Å²) in [5.74, 6) is 2.24. The van der Waals surface area contributed by atoms with Crippen LogP contribution in [-0.4, -0.2) is 83.2 Å². The topological polar surface area (TPSA) is 117 Å². The lowest BCUT2D eigenvalue weighted by atomic mass is 9.91. The molecule has 1 amide bonds. The lowest BCUT2D eigenvalue weighted by Crippen LogP contribution is -2.29. The summed E-state index contributed by atoms with van der Waals surface area (Å²) < 4.78 is 7.74. The molecule has 0 unspecified atom stereocenters. The van der Waals surface area contributed by atoms with Crippen molar-refractivity contribution in [3.05, 3.63) is 73.1 Å². The van der Waals surface area contributed by atoms with Crippen LogP contribution in [0.3, 0.4) is 0 Å². The van der Waals surface area contributed by atoms with Gasteiger partial charge < -0.3 is 30.1 Å². The number of aromatic nitrogens is 5. The van der Waals surface area contributed by atoms with Gasteiger partial charge in [-0.05, 0) is 51.4 Å². The molecular formula is C32H40N10O2. The van der Waals surface area contributed by atoms with Gasteiger partial charge in [0.05, 0.1) is 35.6 Å². The number of carbonyl (C=O) groups excluding carboxylic acids is 1. The Kier molecular flexibility index (Phi) is 8.54. The van der Waals surface area contributed by atoms with Crippen molar-refractivity contribution in [2.45, 2.75) is 26.2 Å². The van der Waals surface area contributed by atoms with E-state index < -0.39 is 0 Å². The van der Waals surface area contributed by atoms with E-state index in [1.165, 1.54) is 6.08 Å². The van der Waals surface area contributed by atoms with Gasteiger partial charge in [0.1, 0.15) is 23.7 Å². The third kappa shape index (κ3) is 6.20. The van der Waals surface area contributed by atoms with Crippen molar-refractivity contribution >= 4 is 40.4 Å². The van der Waals surface area contributed by atoms with Gasteiger partial charge in [-0.25, -0.2) is 15.0 Å². The predicted molar refractivity (Wildman–Crippen MR) is 175 cm³/mol. The van der Waals surface area contributed by atoms with Crippen LogP contribution in [0.2, 0.25) is 0 Å². The first kappa shape index (κ1) is 30.5. The number of carbonyl (C=O) groups is 1. The second-order valence-corrected chi connectivity index (χ2v) is 11.8. The number of ether oxygens (including phenoxy) is 1. The van der Waals surface area contributed by atoms with E-state index >= 15 is 0 Å². The van der Waals surface area contributed by atoms with Gasteiger partial charge in [0.2, 0.25) is 11.9 Å². The summed E-state index contributed by atoms with van der Waals surface area (Å²) in [5, 5.41) is 6.24. The second-order valence-electron chi connectivity index (χ2n) is 11.8. The number of nitrogens with one attached hydrogen (secondary N) is 2. The Morgan fingerprint density at radius 2 is 1.91 bits per heavy atom. The Morgan fingerprint density at radius 1 is 1.11 bits per heavy atom. The number of hydrogen-bond donors (Lipinski definition) is 2. The SMILES string of the molecule is C=CC(=O)Nc1cc(Nc2nccc(N3CC(C)(C)c4nc(-n5cncc5C)ccc43)n2)c(OC)cc1N(C)CCN(C)C. The minimum atomic E-state index is -0.308.